The molecule has 1 aromatic heterocycles. The molecule has 0 amide bonds. The first kappa shape index (κ1) is 16.0. The third-order valence-electron chi connectivity index (χ3n) is 4.46. The van der Waals surface area contributed by atoms with Gasteiger partial charge in [-0.15, -0.1) is 0 Å². The summed E-state index contributed by atoms with van der Waals surface area (Å²) in [6.07, 6.45) is 9.58. The van der Waals surface area contributed by atoms with E-state index >= 15 is 0 Å². The van der Waals surface area contributed by atoms with Gasteiger partial charge in [-0.25, -0.2) is 9.97 Å². The minimum atomic E-state index is 0.0109. The highest BCUT2D eigenvalue weighted by Gasteiger charge is 2.35. The summed E-state index contributed by atoms with van der Waals surface area (Å²) in [6, 6.07) is 0. The number of nitrogens with zero attached hydrogens (tertiary/aromatic N) is 3. The van der Waals surface area contributed by atoms with Gasteiger partial charge in [0, 0.05) is 37.6 Å². The molecule has 0 aliphatic carbocycles. The molecule has 3 heterocycles. The molecule has 0 unspecified atom stereocenters. The van der Waals surface area contributed by atoms with Crippen LogP contribution in [0.1, 0.15) is 38.7 Å². The van der Waals surface area contributed by atoms with E-state index in [2.05, 4.69) is 34.8 Å². The van der Waals surface area contributed by atoms with Crippen LogP contribution in [0.5, 0.6) is 0 Å². The van der Waals surface area contributed by atoms with Crippen molar-refractivity contribution < 1.29 is 4.74 Å². The van der Waals surface area contributed by atoms with Crippen LogP contribution >= 0.6 is 11.8 Å². The molecule has 1 saturated heterocycles. The van der Waals surface area contributed by atoms with E-state index in [0.29, 0.717) is 0 Å². The number of ether oxygens (including phenoxy) is 1. The normalized spacial score (nSPS) is 21.8. The van der Waals surface area contributed by atoms with Crippen LogP contribution in [-0.4, -0.2) is 45.9 Å². The van der Waals surface area contributed by atoms with Crippen LogP contribution in [0, 0.1) is 0 Å². The molecule has 0 bridgehead atoms. The average Bonchev–Trinajstić information content (AvgIpc) is 2.52. The quantitative estimate of drug-likeness (QED) is 0.484. The van der Waals surface area contributed by atoms with Crippen LogP contribution < -0.4 is 0 Å². The highest BCUT2D eigenvalue weighted by atomic mass is 32.2. The Morgan fingerprint density at radius 3 is 2.64 bits per heavy atom. The molecule has 0 atom stereocenters. The molecular weight excluding hydrogens is 294 g/mol. The lowest BCUT2D eigenvalue weighted by Gasteiger charge is -2.42. The van der Waals surface area contributed by atoms with E-state index in [1.54, 1.807) is 11.8 Å². The lowest BCUT2D eigenvalue weighted by atomic mass is 9.87. The first-order valence-electron chi connectivity index (χ1n) is 8.17. The summed E-state index contributed by atoms with van der Waals surface area (Å²) in [5.41, 5.74) is 2.70. The van der Waals surface area contributed by atoms with Crippen molar-refractivity contribution in [1.82, 2.24) is 14.9 Å². The van der Waals surface area contributed by atoms with Gasteiger partial charge in [0.05, 0.1) is 12.2 Å². The molecule has 0 saturated carbocycles. The minimum absolute atomic E-state index is 0.0109. The zero-order valence-electron chi connectivity index (χ0n) is 13.5. The van der Waals surface area contributed by atoms with Gasteiger partial charge in [0.2, 0.25) is 0 Å². The Hall–Kier alpha value is -0.910. The summed E-state index contributed by atoms with van der Waals surface area (Å²) in [7, 11) is 0. The second-order valence-corrected chi connectivity index (χ2v) is 7.47. The summed E-state index contributed by atoms with van der Waals surface area (Å²) < 4.78 is 6.09. The van der Waals surface area contributed by atoms with Crippen molar-refractivity contribution in [2.45, 2.75) is 50.4 Å². The maximum Gasteiger partial charge on any atom is 0.187 e. The van der Waals surface area contributed by atoms with Crippen LogP contribution in [0.25, 0.3) is 0 Å². The van der Waals surface area contributed by atoms with Crippen molar-refractivity contribution in [3.05, 3.63) is 29.6 Å². The van der Waals surface area contributed by atoms with Crippen LogP contribution in [-0.2, 0) is 11.3 Å². The van der Waals surface area contributed by atoms with Crippen LogP contribution in [0.2, 0.25) is 0 Å². The zero-order valence-corrected chi connectivity index (χ0v) is 14.4. The molecule has 3 rings (SSSR count). The highest BCUT2D eigenvalue weighted by Crippen LogP contribution is 2.33. The summed E-state index contributed by atoms with van der Waals surface area (Å²) in [4.78, 5) is 11.3. The van der Waals surface area contributed by atoms with Gasteiger partial charge in [-0.1, -0.05) is 30.3 Å². The van der Waals surface area contributed by atoms with Gasteiger partial charge < -0.3 is 4.74 Å². The maximum atomic E-state index is 6.09. The topological polar surface area (TPSA) is 38.2 Å². The molecular formula is C17H25N3OS. The smallest absolute Gasteiger partial charge is 0.187 e. The number of rotatable bonds is 4. The molecule has 1 aromatic rings. The number of aromatic nitrogens is 2. The number of thioether (sulfide) groups is 1. The van der Waals surface area contributed by atoms with Crippen molar-refractivity contribution >= 4 is 11.8 Å². The number of hydrogen-bond acceptors (Lipinski definition) is 5. The van der Waals surface area contributed by atoms with Gasteiger partial charge in [0.15, 0.2) is 5.16 Å². The van der Waals surface area contributed by atoms with Crippen molar-refractivity contribution in [1.29, 1.82) is 0 Å². The molecule has 22 heavy (non-hydrogen) atoms. The van der Waals surface area contributed by atoms with Crippen LogP contribution in [0.15, 0.2) is 29.2 Å². The Bertz CT molecular complexity index is 521. The molecule has 120 valence electrons. The Balaban J connectivity index is 1.54. The Labute approximate surface area is 137 Å². The predicted molar refractivity (Wildman–Crippen MR) is 90.0 cm³/mol. The van der Waals surface area contributed by atoms with Gasteiger partial charge in [0.1, 0.15) is 0 Å². The van der Waals surface area contributed by atoms with Crippen molar-refractivity contribution in [2.75, 3.05) is 25.4 Å². The molecule has 1 fully saturated rings. The van der Waals surface area contributed by atoms with Crippen molar-refractivity contribution in [3.8, 4) is 0 Å². The second kappa shape index (κ2) is 7.11. The van der Waals surface area contributed by atoms with Crippen molar-refractivity contribution in [2.24, 2.45) is 0 Å². The number of piperidine rings is 1. The SMILES string of the molecule is CCSc1ncc(CN2CCC3(C=C(C)CCO3)CC2)cn1. The van der Waals surface area contributed by atoms with E-state index in [-0.39, 0.29) is 5.60 Å². The summed E-state index contributed by atoms with van der Waals surface area (Å²) in [5, 5.41) is 0.875. The lowest BCUT2D eigenvalue weighted by Crippen LogP contribution is -2.46. The average molecular weight is 319 g/mol. The van der Waals surface area contributed by atoms with Gasteiger partial charge >= 0.3 is 0 Å². The number of likely N-dealkylation sites (tertiary alicyclic amines) is 1. The molecule has 0 radical (unpaired) electrons. The fraction of sp³-hybridized carbons (Fsp3) is 0.647. The molecule has 0 aromatic carbocycles. The Kier molecular flexibility index (Phi) is 5.16. The predicted octanol–water partition coefficient (Wildman–Crippen LogP) is 3.29. The van der Waals surface area contributed by atoms with Crippen LogP contribution in [0.3, 0.4) is 0 Å². The molecule has 0 N–H and O–H groups in total. The van der Waals surface area contributed by atoms with E-state index in [1.807, 2.05) is 12.4 Å². The fourth-order valence-corrected chi connectivity index (χ4v) is 3.76. The third kappa shape index (κ3) is 3.89. The monoisotopic (exact) mass is 319 g/mol. The first-order valence-corrected chi connectivity index (χ1v) is 9.16. The second-order valence-electron chi connectivity index (χ2n) is 6.24. The van der Waals surface area contributed by atoms with E-state index in [0.717, 1.165) is 56.4 Å². The van der Waals surface area contributed by atoms with Gasteiger partial charge in [-0.05, 0) is 31.9 Å². The van der Waals surface area contributed by atoms with Crippen LogP contribution in [0.4, 0.5) is 0 Å². The van der Waals surface area contributed by atoms with E-state index in [9.17, 15) is 0 Å². The largest absolute Gasteiger partial charge is 0.370 e. The molecule has 2 aliphatic heterocycles. The molecule has 2 aliphatic rings. The van der Waals surface area contributed by atoms with Gasteiger partial charge in [-0.3, -0.25) is 4.90 Å². The van der Waals surface area contributed by atoms with Gasteiger partial charge in [-0.2, -0.15) is 0 Å². The maximum absolute atomic E-state index is 6.09. The third-order valence-corrected chi connectivity index (χ3v) is 5.22. The standard InChI is InChI=1S/C17H25N3OS/c1-3-22-16-18-11-15(12-19-16)13-20-7-5-17(6-8-20)10-14(2)4-9-21-17/h10-12H,3-9,13H2,1-2H3. The fourth-order valence-electron chi connectivity index (χ4n) is 3.24. The zero-order chi connectivity index (χ0) is 15.4. The van der Waals surface area contributed by atoms with E-state index in [4.69, 9.17) is 4.74 Å². The summed E-state index contributed by atoms with van der Waals surface area (Å²) >= 11 is 1.69. The Morgan fingerprint density at radius 1 is 1.27 bits per heavy atom. The summed E-state index contributed by atoms with van der Waals surface area (Å²) in [5.74, 6) is 1.01. The minimum Gasteiger partial charge on any atom is -0.370 e. The number of hydrogen-bond donors (Lipinski definition) is 0. The van der Waals surface area contributed by atoms with E-state index < -0.39 is 0 Å². The Morgan fingerprint density at radius 2 is 2.00 bits per heavy atom. The molecule has 5 heteroatoms. The first-order chi connectivity index (χ1) is 10.7. The highest BCUT2D eigenvalue weighted by molar-refractivity contribution is 7.99. The van der Waals surface area contributed by atoms with Crippen molar-refractivity contribution in [3.63, 3.8) is 0 Å². The summed E-state index contributed by atoms with van der Waals surface area (Å²) in [6.45, 7) is 8.33. The lowest BCUT2D eigenvalue weighted by molar-refractivity contribution is -0.0577. The molecule has 4 nitrogen and oxygen atoms in total. The molecule has 1 spiro atoms. The van der Waals surface area contributed by atoms with E-state index in [1.165, 1.54) is 11.1 Å². The van der Waals surface area contributed by atoms with Gasteiger partial charge in [0.25, 0.3) is 0 Å².